The SMILES string of the molecule is NC(=O)c1ccc(-c2ccc(F)c(N3Cc4ccc(-c5cn[nH]n5)cc4C3=O)c2F)cc1. The second kappa shape index (κ2) is 7.38. The Morgan fingerprint density at radius 2 is 1.75 bits per heavy atom. The summed E-state index contributed by atoms with van der Waals surface area (Å²) in [4.78, 5) is 25.5. The fourth-order valence-electron chi connectivity index (χ4n) is 3.81. The summed E-state index contributed by atoms with van der Waals surface area (Å²) in [5, 5.41) is 10.3. The smallest absolute Gasteiger partial charge is 0.259 e. The molecule has 7 nitrogen and oxygen atoms in total. The summed E-state index contributed by atoms with van der Waals surface area (Å²) in [6, 6.07) is 13.5. The minimum absolute atomic E-state index is 0.0329. The van der Waals surface area contributed by atoms with Gasteiger partial charge < -0.3 is 5.73 Å². The second-order valence-corrected chi connectivity index (χ2v) is 7.32. The second-order valence-electron chi connectivity index (χ2n) is 7.32. The van der Waals surface area contributed by atoms with Crippen LogP contribution in [0, 0.1) is 11.6 Å². The van der Waals surface area contributed by atoms with E-state index in [4.69, 9.17) is 5.73 Å². The lowest BCUT2D eigenvalue weighted by atomic mass is 10.0. The third kappa shape index (κ3) is 3.11. The minimum atomic E-state index is -0.866. The van der Waals surface area contributed by atoms with Gasteiger partial charge in [-0.25, -0.2) is 8.78 Å². The number of anilines is 1. The van der Waals surface area contributed by atoms with Gasteiger partial charge in [0.25, 0.3) is 5.91 Å². The molecule has 2 heterocycles. The molecule has 0 unspecified atom stereocenters. The van der Waals surface area contributed by atoms with Crippen molar-refractivity contribution in [3.8, 4) is 22.4 Å². The molecule has 0 bridgehead atoms. The Hall–Kier alpha value is -4.40. The monoisotopic (exact) mass is 431 g/mol. The van der Waals surface area contributed by atoms with Crippen LogP contribution < -0.4 is 10.6 Å². The number of benzene rings is 3. The first kappa shape index (κ1) is 19.6. The number of primary amides is 1. The number of carbonyl (C=O) groups excluding carboxylic acids is 2. The number of aromatic nitrogens is 3. The van der Waals surface area contributed by atoms with Gasteiger partial charge in [-0.3, -0.25) is 14.5 Å². The number of hydrogen-bond acceptors (Lipinski definition) is 4. The number of amides is 2. The summed E-state index contributed by atoms with van der Waals surface area (Å²) in [5.74, 6) is -2.83. The number of fused-ring (bicyclic) bond motifs is 1. The van der Waals surface area contributed by atoms with Crippen molar-refractivity contribution >= 4 is 17.5 Å². The molecule has 1 aliphatic rings. The molecule has 2 amide bonds. The molecule has 4 aromatic rings. The summed E-state index contributed by atoms with van der Waals surface area (Å²) in [6.45, 7) is 0.0329. The zero-order chi connectivity index (χ0) is 22.4. The summed E-state index contributed by atoms with van der Waals surface area (Å²) in [5.41, 5.74) is 7.82. The Bertz CT molecular complexity index is 1370. The number of halogens is 2. The lowest BCUT2D eigenvalue weighted by molar-refractivity contribution is 0.0989. The molecule has 1 aromatic heterocycles. The van der Waals surface area contributed by atoms with Gasteiger partial charge in [-0.1, -0.05) is 24.3 Å². The zero-order valence-electron chi connectivity index (χ0n) is 16.5. The Kier molecular flexibility index (Phi) is 4.51. The summed E-state index contributed by atoms with van der Waals surface area (Å²) < 4.78 is 30.2. The molecule has 5 rings (SSSR count). The normalized spacial score (nSPS) is 12.8. The molecule has 1 aliphatic heterocycles. The van der Waals surface area contributed by atoms with Crippen LogP contribution in [0.2, 0.25) is 0 Å². The number of nitrogens with two attached hydrogens (primary N) is 1. The van der Waals surface area contributed by atoms with E-state index in [0.717, 1.165) is 11.0 Å². The van der Waals surface area contributed by atoms with Crippen molar-refractivity contribution < 1.29 is 18.4 Å². The minimum Gasteiger partial charge on any atom is -0.366 e. The van der Waals surface area contributed by atoms with Gasteiger partial charge in [0.15, 0.2) is 5.82 Å². The molecule has 0 saturated carbocycles. The maximum absolute atomic E-state index is 15.5. The van der Waals surface area contributed by atoms with E-state index in [2.05, 4.69) is 15.4 Å². The Balaban J connectivity index is 1.54. The van der Waals surface area contributed by atoms with Gasteiger partial charge in [-0.05, 0) is 41.5 Å². The van der Waals surface area contributed by atoms with Crippen LogP contribution in [0.15, 0.2) is 60.8 Å². The van der Waals surface area contributed by atoms with E-state index in [0.29, 0.717) is 27.9 Å². The molecular weight excluding hydrogens is 416 g/mol. The van der Waals surface area contributed by atoms with Gasteiger partial charge in [0, 0.05) is 22.3 Å². The number of nitrogens with one attached hydrogen (secondary N) is 1. The molecule has 0 saturated heterocycles. The van der Waals surface area contributed by atoms with Crippen LogP contribution in [0.3, 0.4) is 0 Å². The van der Waals surface area contributed by atoms with E-state index in [9.17, 15) is 14.0 Å². The van der Waals surface area contributed by atoms with Crippen LogP contribution in [0.25, 0.3) is 22.4 Å². The Morgan fingerprint density at radius 3 is 2.44 bits per heavy atom. The highest BCUT2D eigenvalue weighted by molar-refractivity contribution is 6.11. The lowest BCUT2D eigenvalue weighted by Gasteiger charge is -2.19. The van der Waals surface area contributed by atoms with Crippen molar-refractivity contribution in [2.75, 3.05) is 4.90 Å². The topological polar surface area (TPSA) is 105 Å². The van der Waals surface area contributed by atoms with Gasteiger partial charge in [0.1, 0.15) is 17.2 Å². The van der Waals surface area contributed by atoms with Gasteiger partial charge in [0.05, 0.1) is 12.7 Å². The Morgan fingerprint density at radius 1 is 1.00 bits per heavy atom. The predicted octanol–water partition coefficient (Wildman–Crippen LogP) is 3.68. The highest BCUT2D eigenvalue weighted by Gasteiger charge is 2.33. The number of carbonyl (C=O) groups is 2. The molecule has 9 heteroatoms. The average molecular weight is 431 g/mol. The first-order chi connectivity index (χ1) is 15.4. The van der Waals surface area contributed by atoms with E-state index in [1.807, 2.05) is 0 Å². The predicted molar refractivity (Wildman–Crippen MR) is 113 cm³/mol. The molecule has 32 heavy (non-hydrogen) atoms. The summed E-state index contributed by atoms with van der Waals surface area (Å²) in [6.07, 6.45) is 1.52. The van der Waals surface area contributed by atoms with Gasteiger partial charge >= 0.3 is 0 Å². The van der Waals surface area contributed by atoms with Crippen molar-refractivity contribution in [3.63, 3.8) is 0 Å². The molecule has 0 radical (unpaired) electrons. The number of hydrogen-bond donors (Lipinski definition) is 2. The fourth-order valence-corrected chi connectivity index (χ4v) is 3.81. The van der Waals surface area contributed by atoms with E-state index >= 15 is 4.39 Å². The van der Waals surface area contributed by atoms with Gasteiger partial charge in [0.2, 0.25) is 5.91 Å². The van der Waals surface area contributed by atoms with Crippen molar-refractivity contribution in [1.29, 1.82) is 0 Å². The van der Waals surface area contributed by atoms with Gasteiger partial charge in [-0.2, -0.15) is 15.4 Å². The van der Waals surface area contributed by atoms with Crippen molar-refractivity contribution in [2.45, 2.75) is 6.54 Å². The van der Waals surface area contributed by atoms with Crippen molar-refractivity contribution in [3.05, 3.63) is 89.1 Å². The standard InChI is InChI=1S/C23H15F2N5O2/c24-18-8-7-16(12-1-3-13(4-2-12)22(26)31)20(25)21(18)30-11-15-6-5-14(9-17(15)23(30)32)19-10-27-29-28-19/h1-10H,11H2,(H2,26,31)(H,27,28,29). The quantitative estimate of drug-likeness (QED) is 0.514. The van der Waals surface area contributed by atoms with Crippen LogP contribution >= 0.6 is 0 Å². The molecular formula is C23H15F2N5O2. The molecule has 3 N–H and O–H groups in total. The van der Waals surface area contributed by atoms with Crippen molar-refractivity contribution in [2.24, 2.45) is 5.73 Å². The molecule has 3 aromatic carbocycles. The Labute approximate surface area is 180 Å². The highest BCUT2D eigenvalue weighted by atomic mass is 19.1. The van der Waals surface area contributed by atoms with E-state index < -0.39 is 29.1 Å². The maximum Gasteiger partial charge on any atom is 0.259 e. The number of aromatic amines is 1. The van der Waals surface area contributed by atoms with Crippen LogP contribution in [-0.2, 0) is 6.54 Å². The molecule has 0 atom stereocenters. The molecule has 0 spiro atoms. The zero-order valence-corrected chi connectivity index (χ0v) is 16.5. The third-order valence-electron chi connectivity index (χ3n) is 5.44. The van der Waals surface area contributed by atoms with Crippen LogP contribution in [0.4, 0.5) is 14.5 Å². The molecule has 0 fully saturated rings. The van der Waals surface area contributed by atoms with Crippen LogP contribution in [0.5, 0.6) is 0 Å². The largest absolute Gasteiger partial charge is 0.366 e. The van der Waals surface area contributed by atoms with E-state index in [-0.39, 0.29) is 17.7 Å². The number of rotatable bonds is 4. The highest BCUT2D eigenvalue weighted by Crippen LogP contribution is 2.37. The lowest BCUT2D eigenvalue weighted by Crippen LogP contribution is -2.25. The number of nitrogens with zero attached hydrogens (tertiary/aromatic N) is 3. The van der Waals surface area contributed by atoms with E-state index in [1.165, 1.54) is 36.5 Å². The molecule has 0 aliphatic carbocycles. The van der Waals surface area contributed by atoms with Gasteiger partial charge in [-0.15, -0.1) is 0 Å². The van der Waals surface area contributed by atoms with Crippen molar-refractivity contribution in [1.82, 2.24) is 15.4 Å². The first-order valence-electron chi connectivity index (χ1n) is 9.63. The van der Waals surface area contributed by atoms with E-state index in [1.54, 1.807) is 18.2 Å². The van der Waals surface area contributed by atoms with Crippen LogP contribution in [-0.4, -0.2) is 27.2 Å². The average Bonchev–Trinajstić information content (AvgIpc) is 3.43. The fraction of sp³-hybridized carbons (Fsp3) is 0.0435. The summed E-state index contributed by atoms with van der Waals surface area (Å²) >= 11 is 0. The number of H-pyrrole nitrogens is 1. The first-order valence-corrected chi connectivity index (χ1v) is 9.63. The third-order valence-corrected chi connectivity index (χ3v) is 5.44. The van der Waals surface area contributed by atoms with Crippen LogP contribution in [0.1, 0.15) is 26.3 Å². The summed E-state index contributed by atoms with van der Waals surface area (Å²) in [7, 11) is 0. The molecule has 158 valence electrons. The maximum atomic E-state index is 15.5.